The number of hydrogen-bond donors (Lipinski definition) is 1. The van der Waals surface area contributed by atoms with Crippen molar-refractivity contribution in [3.05, 3.63) is 72.6 Å². The number of ether oxygens (including phenoxy) is 1. The van der Waals surface area contributed by atoms with E-state index in [4.69, 9.17) is 9.15 Å². The van der Waals surface area contributed by atoms with Crippen LogP contribution in [0.25, 0.3) is 11.5 Å². The maximum Gasteiger partial charge on any atom is 0.410 e. The first-order chi connectivity index (χ1) is 19.7. The van der Waals surface area contributed by atoms with Crippen molar-refractivity contribution in [2.24, 2.45) is 5.92 Å². The number of carbonyl (C=O) groups excluding carboxylic acids is 2. The zero-order chi connectivity index (χ0) is 29.0. The molecule has 3 aromatic rings. The highest BCUT2D eigenvalue weighted by Gasteiger charge is 2.38. The number of nitrogens with one attached hydrogen (secondary N) is 1. The van der Waals surface area contributed by atoms with Gasteiger partial charge in [0.25, 0.3) is 0 Å². The molecule has 2 amide bonds. The van der Waals surface area contributed by atoms with Gasteiger partial charge in [-0.15, -0.1) is 0 Å². The molecule has 2 fully saturated rings. The fourth-order valence-electron chi connectivity index (χ4n) is 5.50. The fourth-order valence-corrected chi connectivity index (χ4v) is 6.56. The molecule has 1 saturated carbocycles. The monoisotopic (exact) mass is 578 g/mol. The number of carbonyl (C=O) groups is 2. The largest absolute Gasteiger partial charge is 0.445 e. The second kappa shape index (κ2) is 12.6. The minimum atomic E-state index is -1.35. The lowest BCUT2D eigenvalue weighted by atomic mass is 9.85. The van der Waals surface area contributed by atoms with E-state index in [1.807, 2.05) is 80.3 Å². The minimum Gasteiger partial charge on any atom is -0.445 e. The summed E-state index contributed by atoms with van der Waals surface area (Å²) in [5, 5.41) is 0. The SMILES string of the molecule is CC(C)(C)OC(=O)N1CCN(C(=O)C2CCC(NS(=O)c3ccc(-c4ncco4)cc3)CC2)[C@@H](c2ccccc2)C1. The van der Waals surface area contributed by atoms with Gasteiger partial charge in [-0.3, -0.25) is 4.79 Å². The van der Waals surface area contributed by atoms with Gasteiger partial charge in [-0.05, 0) is 76.3 Å². The standard InChI is InChI=1S/C31H38N4O5S/c1-31(2,3)40-30(37)34-18-19-35(27(21-34)22-7-5-4-6-8-22)29(36)24-9-13-25(14-10-24)33-41(38)26-15-11-23(12-16-26)28-32-17-20-39-28/h4-8,11-12,15-17,20,24-25,27,33H,9-10,13-14,18-19,21H2,1-3H3/t24?,25?,27-,41?/m1/s1. The van der Waals surface area contributed by atoms with Crippen LogP contribution in [0.3, 0.4) is 0 Å². The highest BCUT2D eigenvalue weighted by Crippen LogP contribution is 2.33. The van der Waals surface area contributed by atoms with E-state index in [1.54, 1.807) is 11.1 Å². The van der Waals surface area contributed by atoms with Crippen LogP contribution < -0.4 is 4.72 Å². The predicted octanol–water partition coefficient (Wildman–Crippen LogP) is 5.33. The Morgan fingerprint density at radius 1 is 1.00 bits per heavy atom. The van der Waals surface area contributed by atoms with Crippen molar-refractivity contribution in [1.29, 1.82) is 0 Å². The van der Waals surface area contributed by atoms with Gasteiger partial charge in [-0.25, -0.2) is 18.7 Å². The Labute approximate surface area is 243 Å². The van der Waals surface area contributed by atoms with Crippen molar-refractivity contribution in [2.75, 3.05) is 19.6 Å². The summed E-state index contributed by atoms with van der Waals surface area (Å²) in [6, 6.07) is 17.1. The molecular weight excluding hydrogens is 540 g/mol. The van der Waals surface area contributed by atoms with Crippen molar-refractivity contribution < 1.29 is 23.0 Å². The van der Waals surface area contributed by atoms with Crippen molar-refractivity contribution in [1.82, 2.24) is 19.5 Å². The lowest BCUT2D eigenvalue weighted by Gasteiger charge is -2.43. The molecule has 1 aliphatic carbocycles. The van der Waals surface area contributed by atoms with Crippen LogP contribution in [-0.2, 0) is 20.5 Å². The van der Waals surface area contributed by atoms with Crippen LogP contribution in [0, 0.1) is 5.92 Å². The summed E-state index contributed by atoms with van der Waals surface area (Å²) in [4.78, 5) is 35.1. The summed E-state index contributed by atoms with van der Waals surface area (Å²) in [5.74, 6) is 0.560. The molecule has 0 spiro atoms. The molecule has 2 aliphatic rings. The van der Waals surface area contributed by atoms with Gasteiger partial charge in [0.2, 0.25) is 11.8 Å². The molecule has 1 aliphatic heterocycles. The van der Waals surface area contributed by atoms with Crippen LogP contribution in [0.15, 0.2) is 76.4 Å². The second-order valence-electron chi connectivity index (χ2n) is 11.7. The van der Waals surface area contributed by atoms with Crippen LogP contribution >= 0.6 is 0 Å². The summed E-state index contributed by atoms with van der Waals surface area (Å²) >= 11 is 0. The zero-order valence-corrected chi connectivity index (χ0v) is 24.6. The quantitative estimate of drug-likeness (QED) is 0.424. The van der Waals surface area contributed by atoms with Crippen LogP contribution in [-0.4, -0.2) is 62.3 Å². The Morgan fingerprint density at radius 3 is 2.34 bits per heavy atom. The van der Waals surface area contributed by atoms with E-state index in [9.17, 15) is 13.8 Å². The van der Waals surface area contributed by atoms with Crippen molar-refractivity contribution in [2.45, 2.75) is 69.0 Å². The second-order valence-corrected chi connectivity index (χ2v) is 12.9. The molecule has 2 heterocycles. The highest BCUT2D eigenvalue weighted by molar-refractivity contribution is 7.83. The highest BCUT2D eigenvalue weighted by atomic mass is 32.2. The minimum absolute atomic E-state index is 0.0697. The molecule has 5 rings (SSSR count). The molecule has 1 unspecified atom stereocenters. The number of benzene rings is 2. The van der Waals surface area contributed by atoms with Crippen LogP contribution in [0.4, 0.5) is 4.79 Å². The van der Waals surface area contributed by atoms with E-state index in [0.717, 1.165) is 36.8 Å². The van der Waals surface area contributed by atoms with Gasteiger partial charge in [0.05, 0.1) is 17.1 Å². The van der Waals surface area contributed by atoms with Gasteiger partial charge in [-0.1, -0.05) is 30.3 Å². The van der Waals surface area contributed by atoms with Crippen molar-refractivity contribution in [3.63, 3.8) is 0 Å². The number of piperazine rings is 1. The van der Waals surface area contributed by atoms with E-state index in [2.05, 4.69) is 9.71 Å². The van der Waals surface area contributed by atoms with Crippen LogP contribution in [0.1, 0.15) is 58.1 Å². The maximum atomic E-state index is 13.8. The number of oxazole rings is 1. The van der Waals surface area contributed by atoms with Gasteiger partial charge in [0, 0.05) is 37.2 Å². The van der Waals surface area contributed by atoms with Gasteiger partial charge >= 0.3 is 6.09 Å². The molecule has 41 heavy (non-hydrogen) atoms. The van der Waals surface area contributed by atoms with Crippen LogP contribution in [0.5, 0.6) is 0 Å². The molecule has 2 atom stereocenters. The third-order valence-electron chi connectivity index (χ3n) is 7.60. The molecule has 1 saturated heterocycles. The van der Waals surface area contributed by atoms with E-state index >= 15 is 0 Å². The van der Waals surface area contributed by atoms with Gasteiger partial charge in [-0.2, -0.15) is 0 Å². The fraction of sp³-hybridized carbons (Fsp3) is 0.452. The molecular formula is C31H38N4O5S. The molecule has 9 nitrogen and oxygen atoms in total. The Hall–Kier alpha value is -3.50. The smallest absolute Gasteiger partial charge is 0.410 e. The Morgan fingerprint density at radius 2 is 1.71 bits per heavy atom. The Balaban J connectivity index is 1.18. The first kappa shape index (κ1) is 29.0. The molecule has 10 heteroatoms. The van der Waals surface area contributed by atoms with Crippen molar-refractivity contribution >= 4 is 23.0 Å². The summed E-state index contributed by atoms with van der Waals surface area (Å²) in [7, 11) is -1.35. The topological polar surface area (TPSA) is 105 Å². The van der Waals surface area contributed by atoms with E-state index in [0.29, 0.717) is 30.4 Å². The molecule has 218 valence electrons. The number of nitrogens with zero attached hydrogens (tertiary/aromatic N) is 3. The normalized spacial score (nSPS) is 22.3. The van der Waals surface area contributed by atoms with Crippen molar-refractivity contribution in [3.8, 4) is 11.5 Å². The summed E-state index contributed by atoms with van der Waals surface area (Å²) in [6.45, 7) is 6.87. The van der Waals surface area contributed by atoms with Gasteiger partial charge in [0.1, 0.15) is 22.8 Å². The third kappa shape index (κ3) is 7.23. The molecule has 1 aromatic heterocycles. The average molecular weight is 579 g/mol. The molecule has 0 radical (unpaired) electrons. The average Bonchev–Trinajstić information content (AvgIpc) is 3.52. The molecule has 2 aromatic carbocycles. The lowest BCUT2D eigenvalue weighted by molar-refractivity contribution is -0.142. The lowest BCUT2D eigenvalue weighted by Crippen LogP contribution is -2.54. The first-order valence-electron chi connectivity index (χ1n) is 14.2. The van der Waals surface area contributed by atoms with E-state index in [-0.39, 0.29) is 30.0 Å². The summed E-state index contributed by atoms with van der Waals surface area (Å²) in [5.41, 5.74) is 1.26. The Kier molecular flexibility index (Phi) is 8.89. The molecule has 1 N–H and O–H groups in total. The van der Waals surface area contributed by atoms with Crippen LogP contribution in [0.2, 0.25) is 0 Å². The predicted molar refractivity (Wildman–Crippen MR) is 156 cm³/mol. The van der Waals surface area contributed by atoms with E-state index in [1.165, 1.54) is 6.26 Å². The maximum absolute atomic E-state index is 13.8. The van der Waals surface area contributed by atoms with Gasteiger partial charge in [0.15, 0.2) is 0 Å². The Bertz CT molecular complexity index is 1330. The summed E-state index contributed by atoms with van der Waals surface area (Å²) in [6.07, 6.45) is 5.76. The zero-order valence-electron chi connectivity index (χ0n) is 23.8. The number of hydrogen-bond acceptors (Lipinski definition) is 6. The third-order valence-corrected chi connectivity index (χ3v) is 8.85. The van der Waals surface area contributed by atoms with Gasteiger partial charge < -0.3 is 19.0 Å². The number of amides is 2. The number of aromatic nitrogens is 1. The molecule has 0 bridgehead atoms. The van der Waals surface area contributed by atoms with E-state index < -0.39 is 16.6 Å². The number of rotatable bonds is 6. The first-order valence-corrected chi connectivity index (χ1v) is 15.3. The summed E-state index contributed by atoms with van der Waals surface area (Å²) < 4.78 is 27.2.